The number of urea groups is 1. The van der Waals surface area contributed by atoms with E-state index in [4.69, 9.17) is 4.74 Å². The zero-order chi connectivity index (χ0) is 23.1. The zero-order valence-corrected chi connectivity index (χ0v) is 19.8. The summed E-state index contributed by atoms with van der Waals surface area (Å²) in [7, 11) is 0. The number of hydrogen-bond acceptors (Lipinski definition) is 4. The van der Waals surface area contributed by atoms with Gasteiger partial charge in [0.05, 0.1) is 12.6 Å². The minimum Gasteiger partial charge on any atom is -0.376 e. The maximum absolute atomic E-state index is 13.4. The van der Waals surface area contributed by atoms with Gasteiger partial charge in [0.25, 0.3) is 0 Å². The van der Waals surface area contributed by atoms with Gasteiger partial charge in [0.2, 0.25) is 5.91 Å². The molecule has 1 fully saturated rings. The van der Waals surface area contributed by atoms with E-state index in [9.17, 15) is 14.0 Å². The molecule has 1 aliphatic rings. The Morgan fingerprint density at radius 2 is 1.91 bits per heavy atom. The van der Waals surface area contributed by atoms with Gasteiger partial charge < -0.3 is 19.9 Å². The van der Waals surface area contributed by atoms with E-state index in [2.05, 4.69) is 5.32 Å². The van der Waals surface area contributed by atoms with Crippen molar-refractivity contribution in [3.63, 3.8) is 0 Å². The number of nitrogens with one attached hydrogen (secondary N) is 1. The molecule has 1 unspecified atom stereocenters. The second-order valence-corrected chi connectivity index (χ2v) is 10.2. The molecule has 0 saturated carbocycles. The molecule has 8 heteroatoms. The first-order valence-electron chi connectivity index (χ1n) is 10.9. The molecule has 0 aliphatic carbocycles. The SMILES string of the molecule is CC(C)(C)NC(=O)N(CC(=O)N(Cc1ccc(F)cc1)Cc1cccs1)CC1CCCO1. The van der Waals surface area contributed by atoms with Crippen molar-refractivity contribution < 1.29 is 18.7 Å². The Morgan fingerprint density at radius 3 is 2.50 bits per heavy atom. The normalized spacial score (nSPS) is 16.1. The first-order chi connectivity index (χ1) is 15.2. The van der Waals surface area contributed by atoms with Gasteiger partial charge >= 0.3 is 6.03 Å². The van der Waals surface area contributed by atoms with Crippen LogP contribution >= 0.6 is 11.3 Å². The number of rotatable bonds is 8. The molecule has 3 rings (SSSR count). The standard InChI is InChI=1S/C24H32FN3O3S/c1-24(2,3)26-23(30)28(15-20-6-4-12-31-20)17-22(29)27(16-21-7-5-13-32-21)14-18-8-10-19(25)11-9-18/h5,7-11,13,20H,4,6,12,14-17H2,1-3H3,(H,26,30). The van der Waals surface area contributed by atoms with E-state index in [0.29, 0.717) is 26.2 Å². The summed E-state index contributed by atoms with van der Waals surface area (Å²) in [5.74, 6) is -0.476. The van der Waals surface area contributed by atoms with Gasteiger partial charge in [0.15, 0.2) is 0 Å². The molecule has 3 amide bonds. The first kappa shape index (κ1) is 24.2. The minimum atomic E-state index is -0.417. The van der Waals surface area contributed by atoms with Gasteiger partial charge in [-0.15, -0.1) is 11.3 Å². The van der Waals surface area contributed by atoms with E-state index in [1.807, 2.05) is 38.3 Å². The number of carbonyl (C=O) groups excluding carboxylic acids is 2. The van der Waals surface area contributed by atoms with Crippen molar-refractivity contribution in [3.8, 4) is 0 Å². The Balaban J connectivity index is 1.75. The third kappa shape index (κ3) is 7.60. The molecule has 0 radical (unpaired) electrons. The molecule has 6 nitrogen and oxygen atoms in total. The summed E-state index contributed by atoms with van der Waals surface area (Å²) in [6, 6.07) is 9.79. The van der Waals surface area contributed by atoms with Crippen molar-refractivity contribution in [2.75, 3.05) is 19.7 Å². The average molecular weight is 462 g/mol. The highest BCUT2D eigenvalue weighted by atomic mass is 32.1. The Kier molecular flexibility index (Phi) is 8.26. The van der Waals surface area contributed by atoms with E-state index >= 15 is 0 Å². The molecule has 2 aromatic rings. The fourth-order valence-corrected chi connectivity index (χ4v) is 4.27. The van der Waals surface area contributed by atoms with Gasteiger partial charge in [-0.25, -0.2) is 9.18 Å². The molecule has 1 aromatic heterocycles. The lowest BCUT2D eigenvalue weighted by Gasteiger charge is -2.31. The van der Waals surface area contributed by atoms with Crippen LogP contribution in [0.4, 0.5) is 9.18 Å². The Hall–Kier alpha value is -2.45. The van der Waals surface area contributed by atoms with Crippen LogP contribution in [0.25, 0.3) is 0 Å². The third-order valence-corrected chi connectivity index (χ3v) is 5.97. The number of benzene rings is 1. The van der Waals surface area contributed by atoms with Crippen LogP contribution in [0.1, 0.15) is 44.1 Å². The topological polar surface area (TPSA) is 61.9 Å². The lowest BCUT2D eigenvalue weighted by molar-refractivity contribution is -0.133. The predicted octanol–water partition coefficient (Wildman–Crippen LogP) is 4.41. The molecular formula is C24H32FN3O3S. The van der Waals surface area contributed by atoms with Crippen molar-refractivity contribution >= 4 is 23.3 Å². The Labute approximate surface area is 193 Å². The van der Waals surface area contributed by atoms with Crippen molar-refractivity contribution in [1.29, 1.82) is 0 Å². The maximum Gasteiger partial charge on any atom is 0.318 e. The van der Waals surface area contributed by atoms with Crippen LogP contribution in [-0.4, -0.2) is 53.1 Å². The Bertz CT molecular complexity index is 875. The average Bonchev–Trinajstić information content (AvgIpc) is 3.41. The first-order valence-corrected chi connectivity index (χ1v) is 11.8. The van der Waals surface area contributed by atoms with Crippen molar-refractivity contribution in [3.05, 3.63) is 58.0 Å². The fraction of sp³-hybridized carbons (Fsp3) is 0.500. The summed E-state index contributed by atoms with van der Waals surface area (Å²) in [4.78, 5) is 30.7. The molecule has 0 bridgehead atoms. The lowest BCUT2D eigenvalue weighted by Crippen LogP contribution is -2.53. The summed E-state index contributed by atoms with van der Waals surface area (Å²) in [6.45, 7) is 7.51. The van der Waals surface area contributed by atoms with Crippen LogP contribution < -0.4 is 5.32 Å². The summed E-state index contributed by atoms with van der Waals surface area (Å²) in [5.41, 5.74) is 0.417. The zero-order valence-electron chi connectivity index (χ0n) is 19.0. The number of amides is 3. The highest BCUT2D eigenvalue weighted by Gasteiger charge is 2.28. The second kappa shape index (κ2) is 10.9. The van der Waals surface area contributed by atoms with Gasteiger partial charge in [-0.05, 0) is 62.8 Å². The predicted molar refractivity (Wildman–Crippen MR) is 124 cm³/mol. The summed E-state index contributed by atoms with van der Waals surface area (Å²) >= 11 is 1.57. The molecular weight excluding hydrogens is 429 g/mol. The minimum absolute atomic E-state index is 0.0473. The maximum atomic E-state index is 13.4. The van der Waals surface area contributed by atoms with Crippen molar-refractivity contribution in [2.24, 2.45) is 0 Å². The number of carbonyl (C=O) groups is 2. The quantitative estimate of drug-likeness (QED) is 0.634. The van der Waals surface area contributed by atoms with Gasteiger partial charge in [0.1, 0.15) is 12.4 Å². The number of thiophene rings is 1. The highest BCUT2D eigenvalue weighted by Crippen LogP contribution is 2.17. The molecule has 32 heavy (non-hydrogen) atoms. The van der Waals surface area contributed by atoms with Crippen LogP contribution in [0.5, 0.6) is 0 Å². The fourth-order valence-electron chi connectivity index (χ4n) is 3.55. The number of nitrogens with zero attached hydrogens (tertiary/aromatic N) is 2. The smallest absolute Gasteiger partial charge is 0.318 e. The molecule has 1 aromatic carbocycles. The van der Waals surface area contributed by atoms with E-state index in [1.165, 1.54) is 12.1 Å². The van der Waals surface area contributed by atoms with E-state index in [0.717, 1.165) is 23.3 Å². The lowest BCUT2D eigenvalue weighted by atomic mass is 10.1. The van der Waals surface area contributed by atoms with E-state index in [1.54, 1.807) is 33.3 Å². The molecule has 1 N–H and O–H groups in total. The van der Waals surface area contributed by atoms with Crippen LogP contribution in [0.15, 0.2) is 41.8 Å². The Morgan fingerprint density at radius 1 is 1.16 bits per heavy atom. The largest absolute Gasteiger partial charge is 0.376 e. The number of hydrogen-bond donors (Lipinski definition) is 1. The number of halogens is 1. The van der Waals surface area contributed by atoms with E-state index < -0.39 is 5.54 Å². The van der Waals surface area contributed by atoms with Crippen molar-refractivity contribution in [1.82, 2.24) is 15.1 Å². The summed E-state index contributed by atoms with van der Waals surface area (Å²) in [6.07, 6.45) is 1.78. The van der Waals surface area contributed by atoms with Gasteiger partial charge in [-0.2, -0.15) is 0 Å². The molecule has 2 heterocycles. The summed E-state index contributed by atoms with van der Waals surface area (Å²) < 4.78 is 19.1. The van der Waals surface area contributed by atoms with Crippen LogP contribution in [0.3, 0.4) is 0 Å². The summed E-state index contributed by atoms with van der Waals surface area (Å²) in [5, 5.41) is 4.93. The molecule has 0 spiro atoms. The second-order valence-electron chi connectivity index (χ2n) is 9.15. The van der Waals surface area contributed by atoms with E-state index in [-0.39, 0.29) is 30.4 Å². The van der Waals surface area contributed by atoms with Crippen LogP contribution in [-0.2, 0) is 22.6 Å². The third-order valence-electron chi connectivity index (χ3n) is 5.11. The molecule has 174 valence electrons. The number of ether oxygens (including phenoxy) is 1. The van der Waals surface area contributed by atoms with Crippen LogP contribution in [0.2, 0.25) is 0 Å². The molecule has 1 aliphatic heterocycles. The molecule has 1 saturated heterocycles. The monoisotopic (exact) mass is 461 g/mol. The van der Waals surface area contributed by atoms with Crippen molar-refractivity contribution in [2.45, 2.75) is 58.3 Å². The molecule has 1 atom stereocenters. The van der Waals surface area contributed by atoms with Gasteiger partial charge in [-0.3, -0.25) is 4.79 Å². The van der Waals surface area contributed by atoms with Gasteiger partial charge in [0, 0.05) is 30.1 Å². The van der Waals surface area contributed by atoms with Gasteiger partial charge in [-0.1, -0.05) is 18.2 Å². The highest BCUT2D eigenvalue weighted by molar-refractivity contribution is 7.09. The van der Waals surface area contributed by atoms with Crippen LogP contribution in [0, 0.1) is 5.82 Å².